The second-order valence-corrected chi connectivity index (χ2v) is 9.31. The van der Waals surface area contributed by atoms with Gasteiger partial charge in [-0.05, 0) is 24.3 Å². The number of rotatable bonds is 3. The van der Waals surface area contributed by atoms with Crippen molar-refractivity contribution >= 4 is 49.0 Å². The number of aromatic nitrogens is 2. The molecule has 0 saturated carbocycles. The van der Waals surface area contributed by atoms with Gasteiger partial charge in [-0.1, -0.05) is 72.0 Å². The molecule has 0 spiro atoms. The number of pyridine rings is 2. The Bertz CT molecular complexity index is 1680. The molecule has 2 heterocycles. The Morgan fingerprint density at radius 1 is 0.788 bits per heavy atom. The molecule has 7 heteroatoms. The lowest BCUT2D eigenvalue weighted by molar-refractivity contribution is 0.602. The Labute approximate surface area is 196 Å². The summed E-state index contributed by atoms with van der Waals surface area (Å²) >= 11 is 6.23. The number of nitrogens with one attached hydrogen (secondary N) is 1. The number of para-hydroxylation sites is 2. The van der Waals surface area contributed by atoms with E-state index in [2.05, 4.69) is 26.5 Å². The second-order valence-electron chi connectivity index (χ2n) is 7.25. The number of anilines is 1. The number of nitrogens with zero attached hydrogens (tertiary/aromatic N) is 2. The van der Waals surface area contributed by atoms with Gasteiger partial charge in [0.1, 0.15) is 4.90 Å². The zero-order valence-electron chi connectivity index (χ0n) is 17.2. The lowest BCUT2D eigenvalue weighted by Crippen LogP contribution is -2.14. The van der Waals surface area contributed by atoms with Gasteiger partial charge >= 0.3 is 0 Å². The molecule has 3 aromatic carbocycles. The number of benzene rings is 3. The SMILES string of the molecule is O=S(=O)(Nc1ccccc1C#Cc1cncc2ccccc12)c1cccc2c(Cl)ccnc12. The van der Waals surface area contributed by atoms with Crippen LogP contribution in [-0.2, 0) is 10.0 Å². The predicted molar refractivity (Wildman–Crippen MR) is 132 cm³/mol. The van der Waals surface area contributed by atoms with Crippen LogP contribution in [0.2, 0.25) is 5.02 Å². The average Bonchev–Trinajstić information content (AvgIpc) is 2.83. The molecular weight excluding hydrogens is 454 g/mol. The highest BCUT2D eigenvalue weighted by Gasteiger charge is 2.20. The molecule has 5 rings (SSSR count). The van der Waals surface area contributed by atoms with Crippen molar-refractivity contribution in [2.75, 3.05) is 4.72 Å². The molecule has 2 aromatic heterocycles. The van der Waals surface area contributed by atoms with Crippen LogP contribution in [0.1, 0.15) is 11.1 Å². The van der Waals surface area contributed by atoms with Crippen molar-refractivity contribution in [1.82, 2.24) is 9.97 Å². The van der Waals surface area contributed by atoms with Gasteiger partial charge in [0.15, 0.2) is 0 Å². The normalized spacial score (nSPS) is 11.2. The number of hydrogen-bond acceptors (Lipinski definition) is 4. The summed E-state index contributed by atoms with van der Waals surface area (Å²) in [5, 5.41) is 2.97. The highest BCUT2D eigenvalue weighted by molar-refractivity contribution is 7.93. The zero-order chi connectivity index (χ0) is 22.8. The monoisotopic (exact) mass is 469 g/mol. The first kappa shape index (κ1) is 21.0. The molecule has 0 atom stereocenters. The van der Waals surface area contributed by atoms with E-state index in [-0.39, 0.29) is 4.90 Å². The second kappa shape index (κ2) is 8.55. The number of hydrogen-bond donors (Lipinski definition) is 1. The molecule has 0 bridgehead atoms. The van der Waals surface area contributed by atoms with E-state index in [9.17, 15) is 8.42 Å². The predicted octanol–water partition coefficient (Wildman–Crippen LogP) is 5.64. The average molecular weight is 470 g/mol. The fourth-order valence-corrected chi connectivity index (χ4v) is 5.02. The summed E-state index contributed by atoms with van der Waals surface area (Å²) < 4.78 is 29.2. The Balaban J connectivity index is 1.55. The maximum atomic E-state index is 13.3. The van der Waals surface area contributed by atoms with E-state index in [0.717, 1.165) is 16.3 Å². The maximum absolute atomic E-state index is 13.3. The molecule has 0 saturated heterocycles. The van der Waals surface area contributed by atoms with Gasteiger partial charge in [0, 0.05) is 40.3 Å². The van der Waals surface area contributed by atoms with Gasteiger partial charge in [-0.2, -0.15) is 0 Å². The highest BCUT2D eigenvalue weighted by atomic mass is 35.5. The van der Waals surface area contributed by atoms with Crippen molar-refractivity contribution in [1.29, 1.82) is 0 Å². The summed E-state index contributed by atoms with van der Waals surface area (Å²) in [5.41, 5.74) is 1.99. The highest BCUT2D eigenvalue weighted by Crippen LogP contribution is 2.28. The molecule has 0 aliphatic carbocycles. The molecule has 160 valence electrons. The molecule has 1 N–H and O–H groups in total. The van der Waals surface area contributed by atoms with Crippen LogP contribution in [0.3, 0.4) is 0 Å². The first-order chi connectivity index (χ1) is 16.0. The molecule has 0 unspecified atom stereocenters. The summed E-state index contributed by atoms with van der Waals surface area (Å²) in [6.45, 7) is 0. The van der Waals surface area contributed by atoms with E-state index in [4.69, 9.17) is 11.6 Å². The molecule has 0 fully saturated rings. The first-order valence-electron chi connectivity index (χ1n) is 10.0. The standard InChI is InChI=1S/C26H16ClN3O2S/c27-23-14-15-29-26-22(23)9-5-11-25(26)33(31,32)30-24-10-4-2-6-18(24)12-13-20-17-28-16-19-7-1-3-8-21(19)20/h1-11,14-17,30H. The van der Waals surface area contributed by atoms with E-state index in [1.54, 1.807) is 48.8 Å². The van der Waals surface area contributed by atoms with Gasteiger partial charge in [0.05, 0.1) is 21.8 Å². The van der Waals surface area contributed by atoms with E-state index in [1.165, 1.54) is 12.3 Å². The van der Waals surface area contributed by atoms with Crippen molar-refractivity contribution in [3.63, 3.8) is 0 Å². The van der Waals surface area contributed by atoms with E-state index in [0.29, 0.717) is 27.2 Å². The summed E-state index contributed by atoms with van der Waals surface area (Å²) in [6.07, 6.45) is 4.97. The summed E-state index contributed by atoms with van der Waals surface area (Å²) in [7, 11) is -3.95. The van der Waals surface area contributed by atoms with Gasteiger partial charge in [-0.15, -0.1) is 0 Å². The first-order valence-corrected chi connectivity index (χ1v) is 11.9. The van der Waals surface area contributed by atoms with Crippen molar-refractivity contribution in [2.24, 2.45) is 0 Å². The third-order valence-electron chi connectivity index (χ3n) is 5.14. The van der Waals surface area contributed by atoms with Crippen molar-refractivity contribution in [3.8, 4) is 11.8 Å². The van der Waals surface area contributed by atoms with Crippen molar-refractivity contribution < 1.29 is 8.42 Å². The van der Waals surface area contributed by atoms with Gasteiger partial charge in [0.25, 0.3) is 10.0 Å². The third-order valence-corrected chi connectivity index (χ3v) is 6.87. The molecule has 33 heavy (non-hydrogen) atoms. The molecule has 0 aliphatic rings. The van der Waals surface area contributed by atoms with E-state index in [1.807, 2.05) is 30.3 Å². The van der Waals surface area contributed by atoms with Crippen LogP contribution in [0.4, 0.5) is 5.69 Å². The minimum atomic E-state index is -3.95. The van der Waals surface area contributed by atoms with Gasteiger partial charge in [0.2, 0.25) is 0 Å². The zero-order valence-corrected chi connectivity index (χ0v) is 18.7. The Morgan fingerprint density at radius 2 is 1.55 bits per heavy atom. The quantitative estimate of drug-likeness (QED) is 0.347. The van der Waals surface area contributed by atoms with Crippen molar-refractivity contribution in [3.05, 3.63) is 108 Å². The summed E-state index contributed by atoms with van der Waals surface area (Å²) in [4.78, 5) is 8.53. The van der Waals surface area contributed by atoms with Crippen LogP contribution in [-0.4, -0.2) is 18.4 Å². The fraction of sp³-hybridized carbons (Fsp3) is 0. The molecule has 0 radical (unpaired) electrons. The van der Waals surface area contributed by atoms with E-state index < -0.39 is 10.0 Å². The van der Waals surface area contributed by atoms with Crippen molar-refractivity contribution in [2.45, 2.75) is 4.90 Å². The summed E-state index contributed by atoms with van der Waals surface area (Å²) in [5.74, 6) is 6.22. The number of halogens is 1. The number of fused-ring (bicyclic) bond motifs is 2. The van der Waals surface area contributed by atoms with Crippen LogP contribution in [0.25, 0.3) is 21.7 Å². The van der Waals surface area contributed by atoms with Gasteiger partial charge in [-0.25, -0.2) is 8.42 Å². The maximum Gasteiger partial charge on any atom is 0.264 e. The molecule has 0 aliphatic heterocycles. The smallest absolute Gasteiger partial charge is 0.264 e. The fourth-order valence-electron chi connectivity index (χ4n) is 3.56. The molecular formula is C26H16ClN3O2S. The topological polar surface area (TPSA) is 72.0 Å². The Morgan fingerprint density at radius 3 is 2.45 bits per heavy atom. The summed E-state index contributed by atoms with van der Waals surface area (Å²) in [6, 6.07) is 21.4. The van der Waals surface area contributed by atoms with E-state index >= 15 is 0 Å². The van der Waals surface area contributed by atoms with Gasteiger partial charge in [-0.3, -0.25) is 14.7 Å². The Kier molecular flexibility index (Phi) is 5.43. The lowest BCUT2D eigenvalue weighted by atomic mass is 10.1. The largest absolute Gasteiger partial charge is 0.278 e. The molecule has 5 aromatic rings. The van der Waals surface area contributed by atoms with Crippen LogP contribution < -0.4 is 4.72 Å². The molecule has 5 nitrogen and oxygen atoms in total. The van der Waals surface area contributed by atoms with Crippen LogP contribution in [0.5, 0.6) is 0 Å². The lowest BCUT2D eigenvalue weighted by Gasteiger charge is -2.12. The Hall–Kier alpha value is -3.92. The minimum absolute atomic E-state index is 0.0449. The molecule has 0 amide bonds. The third kappa shape index (κ3) is 4.12. The minimum Gasteiger partial charge on any atom is -0.278 e. The van der Waals surface area contributed by atoms with Gasteiger partial charge < -0.3 is 0 Å². The van der Waals surface area contributed by atoms with Crippen LogP contribution in [0.15, 0.2) is 96.3 Å². The van der Waals surface area contributed by atoms with Crippen LogP contribution >= 0.6 is 11.6 Å². The number of sulfonamides is 1. The van der Waals surface area contributed by atoms with Crippen LogP contribution in [0, 0.1) is 11.8 Å².